The van der Waals surface area contributed by atoms with Crippen molar-refractivity contribution in [3.05, 3.63) is 5.89 Å². The van der Waals surface area contributed by atoms with Crippen molar-refractivity contribution in [3.63, 3.8) is 0 Å². The molecule has 1 heterocycles. The molecule has 0 saturated heterocycles. The van der Waals surface area contributed by atoms with Gasteiger partial charge >= 0.3 is 6.01 Å². The second-order valence-electron chi connectivity index (χ2n) is 3.58. The molecule has 0 aromatic carbocycles. The highest BCUT2D eigenvalue weighted by molar-refractivity contribution is 5.72. The first-order chi connectivity index (χ1) is 8.72. The summed E-state index contributed by atoms with van der Waals surface area (Å²) in [5.41, 5.74) is 0. The second-order valence-corrected chi connectivity index (χ2v) is 3.58. The van der Waals surface area contributed by atoms with Crippen molar-refractivity contribution in [1.29, 1.82) is 0 Å². The van der Waals surface area contributed by atoms with Crippen molar-refractivity contribution >= 4 is 11.9 Å². The van der Waals surface area contributed by atoms with Gasteiger partial charge in [-0.25, -0.2) is 0 Å². The maximum absolute atomic E-state index is 10.6. The first kappa shape index (κ1) is 14.4. The number of aromatic nitrogens is 2. The second kappa shape index (κ2) is 8.43. The Kier molecular flexibility index (Phi) is 6.74. The zero-order chi connectivity index (χ0) is 13.2. The Morgan fingerprint density at radius 1 is 1.33 bits per heavy atom. The van der Waals surface area contributed by atoms with Gasteiger partial charge in [0.15, 0.2) is 0 Å². The molecule has 1 rings (SSSR count). The minimum atomic E-state index is -0.0645. The molecule has 0 saturated carbocycles. The van der Waals surface area contributed by atoms with E-state index in [2.05, 4.69) is 26.1 Å². The van der Waals surface area contributed by atoms with E-state index in [9.17, 15) is 4.79 Å². The van der Waals surface area contributed by atoms with E-state index < -0.39 is 0 Å². The average Bonchev–Trinajstić information content (AvgIpc) is 2.78. The van der Waals surface area contributed by atoms with E-state index >= 15 is 0 Å². The van der Waals surface area contributed by atoms with E-state index in [1.54, 1.807) is 7.11 Å². The number of nitrogens with zero attached hydrogens (tertiary/aromatic N) is 2. The van der Waals surface area contributed by atoms with Gasteiger partial charge in [-0.3, -0.25) is 4.79 Å². The van der Waals surface area contributed by atoms with Gasteiger partial charge in [0, 0.05) is 33.7 Å². The number of ether oxygens (including phenoxy) is 1. The zero-order valence-corrected chi connectivity index (χ0v) is 10.7. The number of hydrogen-bond acceptors (Lipinski definition) is 7. The number of nitrogens with one attached hydrogen (secondary N) is 3. The molecule has 0 radical (unpaired) electrons. The van der Waals surface area contributed by atoms with Gasteiger partial charge in [-0.05, 0) is 0 Å². The standard InChI is InChI=1S/C10H19N5O3/c1-8(16)12-3-4-13-10-15-14-9(18-10)7-11-5-6-17-2/h11H,3-7H2,1-2H3,(H,12,16)(H,13,15). The predicted molar refractivity (Wildman–Crippen MR) is 65.1 cm³/mol. The maximum atomic E-state index is 10.6. The van der Waals surface area contributed by atoms with Crippen molar-refractivity contribution in [2.24, 2.45) is 0 Å². The SMILES string of the molecule is COCCNCc1nnc(NCCNC(C)=O)o1. The molecule has 3 N–H and O–H groups in total. The van der Waals surface area contributed by atoms with Crippen molar-refractivity contribution in [2.45, 2.75) is 13.5 Å². The molecule has 1 amide bonds. The van der Waals surface area contributed by atoms with Crippen molar-refractivity contribution in [1.82, 2.24) is 20.8 Å². The molecule has 1 aromatic rings. The van der Waals surface area contributed by atoms with Crippen LogP contribution in [0.3, 0.4) is 0 Å². The summed E-state index contributed by atoms with van der Waals surface area (Å²) in [4.78, 5) is 10.6. The highest BCUT2D eigenvalue weighted by Gasteiger charge is 2.04. The van der Waals surface area contributed by atoms with E-state index in [1.807, 2.05) is 0 Å². The first-order valence-corrected chi connectivity index (χ1v) is 5.72. The summed E-state index contributed by atoms with van der Waals surface area (Å²) < 4.78 is 10.2. The molecule has 0 aliphatic carbocycles. The minimum Gasteiger partial charge on any atom is -0.407 e. The Hall–Kier alpha value is -1.67. The average molecular weight is 257 g/mol. The quantitative estimate of drug-likeness (QED) is 0.505. The molecule has 0 atom stereocenters. The van der Waals surface area contributed by atoms with Crippen LogP contribution in [0.1, 0.15) is 12.8 Å². The number of methoxy groups -OCH3 is 1. The fourth-order valence-corrected chi connectivity index (χ4v) is 1.17. The Bertz CT molecular complexity index is 355. The molecular weight excluding hydrogens is 238 g/mol. The van der Waals surface area contributed by atoms with Crippen LogP contribution in [0.25, 0.3) is 0 Å². The molecule has 0 spiro atoms. The van der Waals surface area contributed by atoms with Gasteiger partial charge in [-0.1, -0.05) is 5.10 Å². The first-order valence-electron chi connectivity index (χ1n) is 5.72. The lowest BCUT2D eigenvalue weighted by molar-refractivity contribution is -0.118. The van der Waals surface area contributed by atoms with Crippen LogP contribution in [0.2, 0.25) is 0 Å². The number of carbonyl (C=O) groups excluding carboxylic acids is 1. The molecule has 102 valence electrons. The van der Waals surface area contributed by atoms with Gasteiger partial charge in [0.05, 0.1) is 13.2 Å². The highest BCUT2D eigenvalue weighted by Crippen LogP contribution is 2.03. The van der Waals surface area contributed by atoms with Gasteiger partial charge in [0.25, 0.3) is 0 Å². The lowest BCUT2D eigenvalue weighted by Gasteiger charge is -2.01. The monoisotopic (exact) mass is 257 g/mol. The highest BCUT2D eigenvalue weighted by atomic mass is 16.5. The molecule has 8 heteroatoms. The molecule has 1 aromatic heterocycles. The van der Waals surface area contributed by atoms with E-state index in [1.165, 1.54) is 6.92 Å². The van der Waals surface area contributed by atoms with Gasteiger partial charge < -0.3 is 25.1 Å². The topological polar surface area (TPSA) is 101 Å². The van der Waals surface area contributed by atoms with Gasteiger partial charge in [0.1, 0.15) is 0 Å². The molecule has 18 heavy (non-hydrogen) atoms. The summed E-state index contributed by atoms with van der Waals surface area (Å²) in [5.74, 6) is 0.443. The smallest absolute Gasteiger partial charge is 0.315 e. The number of carbonyl (C=O) groups is 1. The molecule has 0 bridgehead atoms. The van der Waals surface area contributed by atoms with Crippen molar-refractivity contribution in [2.75, 3.05) is 38.7 Å². The van der Waals surface area contributed by atoms with Crippen molar-refractivity contribution < 1.29 is 13.9 Å². The third kappa shape index (κ3) is 6.16. The Morgan fingerprint density at radius 2 is 2.17 bits per heavy atom. The number of hydrogen-bond donors (Lipinski definition) is 3. The molecule has 8 nitrogen and oxygen atoms in total. The third-order valence-corrected chi connectivity index (χ3v) is 2.00. The van der Waals surface area contributed by atoms with Gasteiger partial charge in [-0.2, -0.15) is 0 Å². The van der Waals surface area contributed by atoms with Crippen LogP contribution >= 0.6 is 0 Å². The van der Waals surface area contributed by atoms with E-state index in [4.69, 9.17) is 9.15 Å². The summed E-state index contributed by atoms with van der Waals surface area (Å²) >= 11 is 0. The summed E-state index contributed by atoms with van der Waals surface area (Å²) in [5, 5.41) is 16.3. The lowest BCUT2D eigenvalue weighted by atomic mass is 10.6. The number of anilines is 1. The molecular formula is C10H19N5O3. The minimum absolute atomic E-state index is 0.0645. The van der Waals surface area contributed by atoms with Crippen LogP contribution in [0, 0.1) is 0 Å². The van der Waals surface area contributed by atoms with Crippen LogP contribution in [-0.4, -0.2) is 49.5 Å². The molecule has 0 aliphatic rings. The third-order valence-electron chi connectivity index (χ3n) is 2.00. The van der Waals surface area contributed by atoms with Gasteiger partial charge in [0.2, 0.25) is 11.8 Å². The van der Waals surface area contributed by atoms with Gasteiger partial charge in [-0.15, -0.1) is 5.10 Å². The zero-order valence-electron chi connectivity index (χ0n) is 10.7. The van der Waals surface area contributed by atoms with Crippen LogP contribution in [0.5, 0.6) is 0 Å². The largest absolute Gasteiger partial charge is 0.407 e. The molecule has 0 fully saturated rings. The fraction of sp³-hybridized carbons (Fsp3) is 0.700. The molecule has 0 unspecified atom stereocenters. The lowest BCUT2D eigenvalue weighted by Crippen LogP contribution is -2.26. The Balaban J connectivity index is 2.15. The van der Waals surface area contributed by atoms with Crippen LogP contribution in [0.4, 0.5) is 6.01 Å². The van der Waals surface area contributed by atoms with E-state index in [0.29, 0.717) is 38.1 Å². The summed E-state index contributed by atoms with van der Waals surface area (Å²) in [6, 6.07) is 0.351. The summed E-state index contributed by atoms with van der Waals surface area (Å²) in [7, 11) is 1.64. The van der Waals surface area contributed by atoms with Crippen LogP contribution in [-0.2, 0) is 16.1 Å². The molecule has 0 aliphatic heterocycles. The Morgan fingerprint density at radius 3 is 2.89 bits per heavy atom. The summed E-state index contributed by atoms with van der Waals surface area (Å²) in [6.45, 7) is 4.39. The van der Waals surface area contributed by atoms with Crippen LogP contribution in [0.15, 0.2) is 4.42 Å². The van der Waals surface area contributed by atoms with Crippen molar-refractivity contribution in [3.8, 4) is 0 Å². The summed E-state index contributed by atoms with van der Waals surface area (Å²) in [6.07, 6.45) is 0. The maximum Gasteiger partial charge on any atom is 0.315 e. The number of rotatable bonds is 9. The van der Waals surface area contributed by atoms with E-state index in [0.717, 1.165) is 6.54 Å². The number of amides is 1. The Labute approximate surface area is 105 Å². The predicted octanol–water partition coefficient (Wildman–Crippen LogP) is -0.646. The normalized spacial score (nSPS) is 10.3. The fourth-order valence-electron chi connectivity index (χ4n) is 1.17. The van der Waals surface area contributed by atoms with E-state index in [-0.39, 0.29) is 5.91 Å². The van der Waals surface area contributed by atoms with Crippen LogP contribution < -0.4 is 16.0 Å².